The van der Waals surface area contributed by atoms with Gasteiger partial charge in [-0.1, -0.05) is 27.7 Å². The van der Waals surface area contributed by atoms with Gasteiger partial charge >= 0.3 is 0 Å². The van der Waals surface area contributed by atoms with Crippen molar-refractivity contribution in [2.75, 3.05) is 0 Å². The molecule has 2 atom stereocenters. The van der Waals surface area contributed by atoms with Crippen molar-refractivity contribution in [3.8, 4) is 0 Å². The molecule has 0 aromatic rings. The molecule has 13 heavy (non-hydrogen) atoms. The molecule has 76 valence electrons. The Labute approximate surface area is 81.9 Å². The highest BCUT2D eigenvalue weighted by molar-refractivity contribution is 5.82. The summed E-state index contributed by atoms with van der Waals surface area (Å²) < 4.78 is 0. The van der Waals surface area contributed by atoms with Gasteiger partial charge in [-0.2, -0.15) is 0 Å². The first-order chi connectivity index (χ1) is 6.02. The monoisotopic (exact) mass is 182 g/mol. The van der Waals surface area contributed by atoms with Gasteiger partial charge in [0, 0.05) is 12.3 Å². The molecule has 0 heterocycles. The van der Waals surface area contributed by atoms with E-state index in [1.165, 1.54) is 6.42 Å². The van der Waals surface area contributed by atoms with Crippen molar-refractivity contribution in [2.45, 2.75) is 47.0 Å². The second kappa shape index (κ2) is 4.26. The van der Waals surface area contributed by atoms with Crippen LogP contribution < -0.4 is 0 Å². The number of hydrogen-bond acceptors (Lipinski definition) is 1. The maximum Gasteiger partial charge on any atom is 0.136 e. The molecule has 0 spiro atoms. The van der Waals surface area contributed by atoms with Gasteiger partial charge in [0.2, 0.25) is 0 Å². The van der Waals surface area contributed by atoms with Crippen LogP contribution in [0.5, 0.6) is 0 Å². The van der Waals surface area contributed by atoms with Gasteiger partial charge in [-0.3, -0.25) is 4.79 Å². The summed E-state index contributed by atoms with van der Waals surface area (Å²) in [7, 11) is 0. The summed E-state index contributed by atoms with van der Waals surface area (Å²) >= 11 is 0. The third-order valence-electron chi connectivity index (χ3n) is 3.47. The molecule has 0 N–H and O–H groups in total. The number of carbonyl (C=O) groups is 1. The van der Waals surface area contributed by atoms with Crippen molar-refractivity contribution in [1.29, 1.82) is 0 Å². The molecule has 1 aliphatic rings. The van der Waals surface area contributed by atoms with Gasteiger partial charge in [0.25, 0.3) is 0 Å². The van der Waals surface area contributed by atoms with E-state index in [1.807, 2.05) is 0 Å². The molecule has 1 fully saturated rings. The normalized spacial score (nSPS) is 30.2. The van der Waals surface area contributed by atoms with E-state index in [1.54, 1.807) is 0 Å². The van der Waals surface area contributed by atoms with E-state index < -0.39 is 0 Å². The Morgan fingerprint density at radius 1 is 1.08 bits per heavy atom. The number of hydrogen-bond donors (Lipinski definition) is 0. The second-order valence-corrected chi connectivity index (χ2v) is 5.10. The highest BCUT2D eigenvalue weighted by Gasteiger charge is 2.31. The zero-order valence-corrected chi connectivity index (χ0v) is 9.34. The van der Waals surface area contributed by atoms with Gasteiger partial charge < -0.3 is 0 Å². The lowest BCUT2D eigenvalue weighted by atomic mass is 9.73. The van der Waals surface area contributed by atoms with Crippen molar-refractivity contribution in [3.63, 3.8) is 0 Å². The van der Waals surface area contributed by atoms with Crippen molar-refractivity contribution in [1.82, 2.24) is 0 Å². The maximum atomic E-state index is 11.8. The Hall–Kier alpha value is -0.330. The molecule has 1 aliphatic carbocycles. The predicted octanol–water partition coefficient (Wildman–Crippen LogP) is 3.28. The smallest absolute Gasteiger partial charge is 0.136 e. The van der Waals surface area contributed by atoms with Gasteiger partial charge in [-0.25, -0.2) is 0 Å². The fourth-order valence-electron chi connectivity index (χ4n) is 2.34. The molecule has 0 bridgehead atoms. The largest absolute Gasteiger partial charge is 0.299 e. The van der Waals surface area contributed by atoms with E-state index in [-0.39, 0.29) is 0 Å². The zero-order chi connectivity index (χ0) is 10.0. The van der Waals surface area contributed by atoms with Crippen molar-refractivity contribution in [3.05, 3.63) is 0 Å². The number of rotatable bonds is 2. The maximum absolute atomic E-state index is 11.8. The fraction of sp³-hybridized carbons (Fsp3) is 0.917. The van der Waals surface area contributed by atoms with Crippen molar-refractivity contribution >= 4 is 5.78 Å². The van der Waals surface area contributed by atoms with Gasteiger partial charge in [0.15, 0.2) is 0 Å². The Kier molecular flexibility index (Phi) is 3.52. The highest BCUT2D eigenvalue weighted by atomic mass is 16.1. The Balaban J connectivity index is 2.52. The molecule has 0 aromatic carbocycles. The molecule has 0 amide bonds. The summed E-state index contributed by atoms with van der Waals surface area (Å²) in [6.45, 7) is 8.79. The van der Waals surface area contributed by atoms with Crippen LogP contribution in [0.4, 0.5) is 0 Å². The lowest BCUT2D eigenvalue weighted by molar-refractivity contribution is -0.128. The molecule has 1 saturated carbocycles. The van der Waals surface area contributed by atoms with Crippen LogP contribution in [0.2, 0.25) is 0 Å². The topological polar surface area (TPSA) is 17.1 Å². The van der Waals surface area contributed by atoms with Gasteiger partial charge in [-0.05, 0) is 30.6 Å². The molecule has 0 radical (unpaired) electrons. The van der Waals surface area contributed by atoms with Crippen LogP contribution in [0.25, 0.3) is 0 Å². The molecule has 1 rings (SSSR count). The van der Waals surface area contributed by atoms with Crippen LogP contribution in [-0.4, -0.2) is 5.78 Å². The fourth-order valence-corrected chi connectivity index (χ4v) is 2.34. The first-order valence-electron chi connectivity index (χ1n) is 5.55. The number of ketones is 1. The average molecular weight is 182 g/mol. The average Bonchev–Trinajstić information content (AvgIpc) is 2.03. The number of Topliss-reactive ketones (excluding diaryl/α,β-unsaturated/α-hetero) is 1. The van der Waals surface area contributed by atoms with Crippen LogP contribution in [0.15, 0.2) is 0 Å². The van der Waals surface area contributed by atoms with Crippen molar-refractivity contribution in [2.24, 2.45) is 23.7 Å². The summed E-state index contributed by atoms with van der Waals surface area (Å²) in [5.74, 6) is 2.75. The van der Waals surface area contributed by atoms with E-state index >= 15 is 0 Å². The van der Waals surface area contributed by atoms with Crippen molar-refractivity contribution < 1.29 is 4.79 Å². The minimum absolute atomic E-state index is 0.356. The summed E-state index contributed by atoms with van der Waals surface area (Å²) in [6.07, 6.45) is 3.21. The summed E-state index contributed by atoms with van der Waals surface area (Å²) in [4.78, 5) is 11.8. The van der Waals surface area contributed by atoms with E-state index in [4.69, 9.17) is 0 Å². The lowest BCUT2D eigenvalue weighted by Crippen LogP contribution is -2.30. The SMILES string of the molecule is CC(C)[C@H]1CC[C@H](C(C)C)C(=O)C1. The first kappa shape index (κ1) is 10.7. The quantitative estimate of drug-likeness (QED) is 0.640. The standard InChI is InChI=1S/C12H22O/c1-8(2)10-5-6-11(9(3)4)12(13)7-10/h8-11H,5-7H2,1-4H3/t10-,11+/m0/s1. The van der Waals surface area contributed by atoms with Crippen LogP contribution in [-0.2, 0) is 4.79 Å². The Bertz CT molecular complexity index is 182. The highest BCUT2D eigenvalue weighted by Crippen LogP contribution is 2.34. The number of carbonyl (C=O) groups excluding carboxylic acids is 1. The minimum Gasteiger partial charge on any atom is -0.299 e. The summed E-state index contributed by atoms with van der Waals surface area (Å²) in [5, 5.41) is 0. The predicted molar refractivity (Wildman–Crippen MR) is 55.5 cm³/mol. The summed E-state index contributed by atoms with van der Waals surface area (Å²) in [5.41, 5.74) is 0. The third kappa shape index (κ3) is 2.55. The summed E-state index contributed by atoms with van der Waals surface area (Å²) in [6, 6.07) is 0. The second-order valence-electron chi connectivity index (χ2n) is 5.10. The minimum atomic E-state index is 0.356. The van der Waals surface area contributed by atoms with Crippen LogP contribution in [0, 0.1) is 23.7 Å². The van der Waals surface area contributed by atoms with Crippen LogP contribution in [0.3, 0.4) is 0 Å². The van der Waals surface area contributed by atoms with E-state index in [0.717, 1.165) is 12.8 Å². The molecular formula is C12H22O. The third-order valence-corrected chi connectivity index (χ3v) is 3.47. The first-order valence-corrected chi connectivity index (χ1v) is 5.55. The zero-order valence-electron chi connectivity index (χ0n) is 9.34. The molecule has 0 aliphatic heterocycles. The van der Waals surface area contributed by atoms with E-state index in [0.29, 0.717) is 29.5 Å². The van der Waals surface area contributed by atoms with Gasteiger partial charge in [-0.15, -0.1) is 0 Å². The Morgan fingerprint density at radius 2 is 1.69 bits per heavy atom. The van der Waals surface area contributed by atoms with Gasteiger partial charge in [0.1, 0.15) is 5.78 Å². The van der Waals surface area contributed by atoms with Gasteiger partial charge in [0.05, 0.1) is 0 Å². The molecular weight excluding hydrogens is 160 g/mol. The molecule has 0 aromatic heterocycles. The molecule has 1 nitrogen and oxygen atoms in total. The molecule has 1 heteroatoms. The van der Waals surface area contributed by atoms with Crippen LogP contribution >= 0.6 is 0 Å². The molecule has 0 unspecified atom stereocenters. The Morgan fingerprint density at radius 3 is 2.08 bits per heavy atom. The van der Waals surface area contributed by atoms with E-state index in [2.05, 4.69) is 27.7 Å². The lowest BCUT2D eigenvalue weighted by Gasteiger charge is -2.31. The van der Waals surface area contributed by atoms with Crippen LogP contribution in [0.1, 0.15) is 47.0 Å². The molecule has 0 saturated heterocycles. The van der Waals surface area contributed by atoms with E-state index in [9.17, 15) is 4.79 Å².